The molecular formula is C22H26N2O4. The van der Waals surface area contributed by atoms with Crippen LogP contribution < -0.4 is 4.74 Å². The number of nitriles is 1. The Morgan fingerprint density at radius 1 is 1.29 bits per heavy atom. The lowest BCUT2D eigenvalue weighted by Gasteiger charge is -2.12. The van der Waals surface area contributed by atoms with Crippen molar-refractivity contribution < 1.29 is 19.0 Å². The molecule has 1 heterocycles. The third-order valence-corrected chi connectivity index (χ3v) is 4.23. The van der Waals surface area contributed by atoms with Gasteiger partial charge in [-0.25, -0.2) is 4.79 Å². The summed E-state index contributed by atoms with van der Waals surface area (Å²) < 4.78 is 17.7. The predicted molar refractivity (Wildman–Crippen MR) is 107 cm³/mol. The molecule has 0 spiro atoms. The Morgan fingerprint density at radius 3 is 2.54 bits per heavy atom. The summed E-state index contributed by atoms with van der Waals surface area (Å²) in [6, 6.07) is 11.7. The Hall–Kier alpha value is -3.04. The number of methoxy groups -OCH3 is 1. The lowest BCUT2D eigenvalue weighted by Crippen LogP contribution is -2.20. The molecule has 0 aliphatic rings. The number of hydrogen-bond donors (Lipinski definition) is 0. The van der Waals surface area contributed by atoms with Gasteiger partial charge in [0.25, 0.3) is 0 Å². The van der Waals surface area contributed by atoms with Gasteiger partial charge in [-0.2, -0.15) is 5.26 Å². The highest BCUT2D eigenvalue weighted by Gasteiger charge is 2.17. The fourth-order valence-corrected chi connectivity index (χ4v) is 3.00. The van der Waals surface area contributed by atoms with Crippen LogP contribution >= 0.6 is 0 Å². The van der Waals surface area contributed by atoms with Crippen LogP contribution in [-0.4, -0.2) is 37.0 Å². The molecule has 1 aromatic heterocycles. The second-order valence-corrected chi connectivity index (χ2v) is 6.43. The number of rotatable bonds is 8. The molecule has 2 aromatic rings. The molecule has 0 unspecified atom stereocenters. The van der Waals surface area contributed by atoms with Gasteiger partial charge in [-0.15, -0.1) is 0 Å². The van der Waals surface area contributed by atoms with Gasteiger partial charge >= 0.3 is 5.97 Å². The van der Waals surface area contributed by atoms with Crippen molar-refractivity contribution in [2.24, 2.45) is 0 Å². The largest absolute Gasteiger partial charge is 0.494 e. The summed E-state index contributed by atoms with van der Waals surface area (Å²) >= 11 is 0. The highest BCUT2D eigenvalue weighted by Crippen LogP contribution is 2.24. The van der Waals surface area contributed by atoms with Crippen LogP contribution in [0.4, 0.5) is 0 Å². The van der Waals surface area contributed by atoms with Gasteiger partial charge in [0.15, 0.2) is 0 Å². The zero-order chi connectivity index (χ0) is 20.7. The average Bonchev–Trinajstić information content (AvgIpc) is 2.94. The number of hydrogen-bond acceptors (Lipinski definition) is 5. The van der Waals surface area contributed by atoms with Gasteiger partial charge in [0.05, 0.1) is 13.2 Å². The van der Waals surface area contributed by atoms with Gasteiger partial charge in [-0.05, 0) is 69.7 Å². The molecule has 0 amide bonds. The zero-order valence-electron chi connectivity index (χ0n) is 17.0. The molecule has 0 saturated heterocycles. The number of benzene rings is 1. The molecular weight excluding hydrogens is 356 g/mol. The number of aryl methyl sites for hydroxylation is 1. The first kappa shape index (κ1) is 21.3. The topological polar surface area (TPSA) is 73.5 Å². The minimum absolute atomic E-state index is 0.0464. The van der Waals surface area contributed by atoms with Gasteiger partial charge in [0, 0.05) is 24.2 Å². The van der Waals surface area contributed by atoms with Gasteiger partial charge in [0.1, 0.15) is 23.5 Å². The SMILES string of the molecule is CCOc1ccc(-n2c(C)cc(/C=C(\C#N)C(=O)O[C@@H](C)COC)c2C)cc1. The van der Waals surface area contributed by atoms with Crippen molar-refractivity contribution in [3.05, 3.63) is 52.9 Å². The van der Waals surface area contributed by atoms with Crippen LogP contribution in [0.15, 0.2) is 35.9 Å². The number of ether oxygens (including phenoxy) is 3. The molecule has 0 aliphatic carbocycles. The highest BCUT2D eigenvalue weighted by atomic mass is 16.6. The minimum Gasteiger partial charge on any atom is -0.494 e. The van der Waals surface area contributed by atoms with Gasteiger partial charge < -0.3 is 18.8 Å². The molecule has 0 N–H and O–H groups in total. The average molecular weight is 382 g/mol. The Kier molecular flexibility index (Phi) is 7.42. The summed E-state index contributed by atoms with van der Waals surface area (Å²) in [4.78, 5) is 12.2. The number of nitrogens with zero attached hydrogens (tertiary/aromatic N) is 2. The molecule has 1 aromatic carbocycles. The molecule has 0 radical (unpaired) electrons. The Bertz CT molecular complexity index is 888. The standard InChI is InChI=1S/C22H26N2O4/c1-6-27-21-9-7-20(8-10-21)24-15(2)11-18(17(24)4)12-19(13-23)22(25)28-16(3)14-26-5/h7-12,16H,6,14H2,1-5H3/b19-12+/t16-/m0/s1. The Labute approximate surface area is 165 Å². The molecule has 6 nitrogen and oxygen atoms in total. The van der Waals surface area contributed by atoms with E-state index < -0.39 is 12.1 Å². The molecule has 0 saturated carbocycles. The van der Waals surface area contributed by atoms with Crippen molar-refractivity contribution in [2.45, 2.75) is 33.8 Å². The van der Waals surface area contributed by atoms with E-state index in [4.69, 9.17) is 14.2 Å². The predicted octanol–water partition coefficient (Wildman–Crippen LogP) is 3.98. The summed E-state index contributed by atoms with van der Waals surface area (Å²) in [5.74, 6) is 0.159. The lowest BCUT2D eigenvalue weighted by atomic mass is 10.1. The van der Waals surface area contributed by atoms with Crippen molar-refractivity contribution in [2.75, 3.05) is 20.3 Å². The quantitative estimate of drug-likeness (QED) is 0.392. The first-order valence-electron chi connectivity index (χ1n) is 9.15. The third-order valence-electron chi connectivity index (χ3n) is 4.23. The first-order valence-corrected chi connectivity index (χ1v) is 9.15. The van der Waals surface area contributed by atoms with Crippen LogP contribution in [0.3, 0.4) is 0 Å². The van der Waals surface area contributed by atoms with Crippen LogP contribution in [0.2, 0.25) is 0 Å². The summed E-state index contributed by atoms with van der Waals surface area (Å²) in [6.45, 7) is 8.48. The summed E-state index contributed by atoms with van der Waals surface area (Å²) in [6.07, 6.45) is 1.14. The monoisotopic (exact) mass is 382 g/mol. The van der Waals surface area contributed by atoms with E-state index >= 15 is 0 Å². The molecule has 0 bridgehead atoms. The molecule has 0 fully saturated rings. The molecule has 2 rings (SSSR count). The second-order valence-electron chi connectivity index (χ2n) is 6.43. The van der Waals surface area contributed by atoms with Crippen LogP contribution in [0, 0.1) is 25.2 Å². The maximum absolute atomic E-state index is 12.2. The normalized spacial score (nSPS) is 12.4. The number of aromatic nitrogens is 1. The van der Waals surface area contributed by atoms with Crippen molar-refractivity contribution in [3.8, 4) is 17.5 Å². The molecule has 28 heavy (non-hydrogen) atoms. The van der Waals surface area contributed by atoms with Gasteiger partial charge in [-0.1, -0.05) is 0 Å². The highest BCUT2D eigenvalue weighted by molar-refractivity contribution is 5.98. The van der Waals surface area contributed by atoms with Crippen molar-refractivity contribution in [1.29, 1.82) is 5.26 Å². The summed E-state index contributed by atoms with van der Waals surface area (Å²) in [7, 11) is 1.53. The van der Waals surface area contributed by atoms with Crippen LogP contribution in [-0.2, 0) is 14.3 Å². The number of esters is 1. The molecule has 1 atom stereocenters. The summed E-state index contributed by atoms with van der Waals surface area (Å²) in [5.41, 5.74) is 3.64. The van der Waals surface area contributed by atoms with Crippen LogP contribution in [0.5, 0.6) is 5.75 Å². The zero-order valence-corrected chi connectivity index (χ0v) is 17.0. The van der Waals surface area contributed by atoms with Crippen molar-refractivity contribution in [3.63, 3.8) is 0 Å². The Balaban J connectivity index is 2.32. The number of carbonyl (C=O) groups is 1. The third kappa shape index (κ3) is 5.02. The maximum atomic E-state index is 12.2. The van der Waals surface area contributed by atoms with E-state index in [0.717, 1.165) is 28.4 Å². The van der Waals surface area contributed by atoms with Crippen molar-refractivity contribution >= 4 is 12.0 Å². The van der Waals surface area contributed by atoms with Crippen LogP contribution in [0.1, 0.15) is 30.8 Å². The van der Waals surface area contributed by atoms with Gasteiger partial charge in [-0.3, -0.25) is 0 Å². The van der Waals surface area contributed by atoms with E-state index in [9.17, 15) is 10.1 Å². The van der Waals surface area contributed by atoms with E-state index in [1.54, 1.807) is 13.0 Å². The van der Waals surface area contributed by atoms with E-state index in [-0.39, 0.29) is 12.2 Å². The maximum Gasteiger partial charge on any atom is 0.349 e. The number of carbonyl (C=O) groups excluding carboxylic acids is 1. The second kappa shape index (κ2) is 9.77. The minimum atomic E-state index is -0.655. The molecule has 0 aliphatic heterocycles. The lowest BCUT2D eigenvalue weighted by molar-refractivity contribution is -0.145. The van der Waals surface area contributed by atoms with E-state index in [1.807, 2.05) is 57.2 Å². The Morgan fingerprint density at radius 2 is 1.96 bits per heavy atom. The summed E-state index contributed by atoms with van der Waals surface area (Å²) in [5, 5.41) is 9.39. The van der Waals surface area contributed by atoms with Crippen LogP contribution in [0.25, 0.3) is 11.8 Å². The van der Waals surface area contributed by atoms with E-state index in [2.05, 4.69) is 4.57 Å². The van der Waals surface area contributed by atoms with E-state index in [0.29, 0.717) is 6.61 Å². The smallest absolute Gasteiger partial charge is 0.349 e. The van der Waals surface area contributed by atoms with Crippen molar-refractivity contribution in [1.82, 2.24) is 4.57 Å². The van der Waals surface area contributed by atoms with Gasteiger partial charge in [0.2, 0.25) is 0 Å². The molecule has 148 valence electrons. The van der Waals surface area contributed by atoms with E-state index in [1.165, 1.54) is 7.11 Å². The first-order chi connectivity index (χ1) is 13.4. The fraction of sp³-hybridized carbons (Fsp3) is 0.364. The molecule has 6 heteroatoms. The fourth-order valence-electron chi connectivity index (χ4n) is 3.00.